The molecule has 0 aromatic carbocycles. The Kier molecular flexibility index (Phi) is 11.3. The zero-order valence-electron chi connectivity index (χ0n) is 22.2. The van der Waals surface area contributed by atoms with Gasteiger partial charge in [-0.25, -0.2) is 18.2 Å². The third-order valence-electron chi connectivity index (χ3n) is 7.19. The Morgan fingerprint density at radius 3 is 2.36 bits per heavy atom. The average molecular weight is 632 g/mol. The molecule has 2 saturated heterocycles. The zero-order valence-corrected chi connectivity index (χ0v) is 25.3. The van der Waals surface area contributed by atoms with Crippen LogP contribution in [0.2, 0.25) is 0 Å². The van der Waals surface area contributed by atoms with Crippen molar-refractivity contribution in [2.45, 2.75) is 36.8 Å². The van der Waals surface area contributed by atoms with Gasteiger partial charge < -0.3 is 9.80 Å². The third kappa shape index (κ3) is 8.89. The van der Waals surface area contributed by atoms with Crippen molar-refractivity contribution in [2.24, 2.45) is 17.8 Å². The van der Waals surface area contributed by atoms with E-state index in [0.717, 1.165) is 30.5 Å². The molecule has 2 amide bonds. The van der Waals surface area contributed by atoms with Crippen molar-refractivity contribution in [1.29, 1.82) is 0 Å². The van der Waals surface area contributed by atoms with E-state index in [9.17, 15) is 26.4 Å². The fourth-order valence-corrected chi connectivity index (χ4v) is 7.53. The standard InChI is InChI=1S/C25H35Cl2F3N4O3S2/c1-17(12-18(2)27)21(6-7-26)22-15-33(24(35)32-8-10-34(11-9-32)39(3,36)37)14-19(22)16-38-23-5-4-20(13-31-23)25(28,29)30/h4-6,13,17-19,22H,7-12,14-16H2,1-3H3. The summed E-state index contributed by atoms with van der Waals surface area (Å²) < 4.78 is 63.9. The van der Waals surface area contributed by atoms with Gasteiger partial charge >= 0.3 is 12.2 Å². The molecule has 1 aromatic rings. The number of hydrogen-bond acceptors (Lipinski definition) is 5. The summed E-state index contributed by atoms with van der Waals surface area (Å²) in [4.78, 5) is 20.9. The van der Waals surface area contributed by atoms with Crippen LogP contribution in [0.1, 0.15) is 25.8 Å². The molecule has 220 valence electrons. The summed E-state index contributed by atoms with van der Waals surface area (Å²) in [7, 11) is -3.31. The lowest BCUT2D eigenvalue weighted by atomic mass is 9.81. The van der Waals surface area contributed by atoms with Crippen molar-refractivity contribution < 1.29 is 26.4 Å². The highest BCUT2D eigenvalue weighted by atomic mass is 35.5. The van der Waals surface area contributed by atoms with E-state index >= 15 is 0 Å². The Hall–Kier alpha value is -1.21. The number of rotatable bonds is 9. The molecule has 2 fully saturated rings. The monoisotopic (exact) mass is 630 g/mol. The lowest BCUT2D eigenvalue weighted by Gasteiger charge is -2.35. The van der Waals surface area contributed by atoms with Crippen LogP contribution in [0, 0.1) is 17.8 Å². The van der Waals surface area contributed by atoms with Crippen LogP contribution in [0.4, 0.5) is 18.0 Å². The maximum atomic E-state index is 13.5. The molecular formula is C25H35Cl2F3N4O3S2. The van der Waals surface area contributed by atoms with Crippen LogP contribution in [0.5, 0.6) is 0 Å². The normalized spacial score (nSPS) is 23.2. The minimum Gasteiger partial charge on any atom is -0.324 e. The number of carbonyl (C=O) groups is 1. The molecule has 0 N–H and O–H groups in total. The van der Waals surface area contributed by atoms with E-state index in [1.165, 1.54) is 22.1 Å². The van der Waals surface area contributed by atoms with E-state index in [1.54, 1.807) is 9.80 Å². The van der Waals surface area contributed by atoms with E-state index in [0.29, 0.717) is 42.8 Å². The number of piperazine rings is 1. The van der Waals surface area contributed by atoms with Crippen LogP contribution in [0.3, 0.4) is 0 Å². The highest BCUT2D eigenvalue weighted by molar-refractivity contribution is 7.99. The predicted octanol–water partition coefficient (Wildman–Crippen LogP) is 5.26. The van der Waals surface area contributed by atoms with Crippen molar-refractivity contribution in [2.75, 3.05) is 57.2 Å². The van der Waals surface area contributed by atoms with Crippen LogP contribution in [0.15, 0.2) is 35.0 Å². The van der Waals surface area contributed by atoms with Gasteiger partial charge in [-0.05, 0) is 37.3 Å². The molecular weight excluding hydrogens is 596 g/mol. The molecule has 2 aliphatic heterocycles. The number of nitrogens with zero attached hydrogens (tertiary/aromatic N) is 4. The summed E-state index contributed by atoms with van der Waals surface area (Å²) in [6, 6.07) is 2.25. The number of halogens is 5. The molecule has 3 heterocycles. The molecule has 3 rings (SSSR count). The first-order valence-electron chi connectivity index (χ1n) is 12.8. The van der Waals surface area contributed by atoms with Gasteiger partial charge in [0.2, 0.25) is 10.0 Å². The maximum absolute atomic E-state index is 13.5. The van der Waals surface area contributed by atoms with Crippen LogP contribution in [0.25, 0.3) is 0 Å². The lowest BCUT2D eigenvalue weighted by molar-refractivity contribution is -0.137. The molecule has 0 bridgehead atoms. The highest BCUT2D eigenvalue weighted by Gasteiger charge is 2.40. The minimum atomic E-state index is -4.45. The minimum absolute atomic E-state index is 0.00243. The van der Waals surface area contributed by atoms with Crippen LogP contribution < -0.4 is 0 Å². The summed E-state index contributed by atoms with van der Waals surface area (Å²) in [5, 5.41) is 0.432. The maximum Gasteiger partial charge on any atom is 0.417 e. The Balaban J connectivity index is 1.77. The quantitative estimate of drug-likeness (QED) is 0.211. The first kappa shape index (κ1) is 32.3. The van der Waals surface area contributed by atoms with Crippen molar-refractivity contribution in [3.8, 4) is 0 Å². The van der Waals surface area contributed by atoms with Gasteiger partial charge in [0.05, 0.1) is 16.8 Å². The molecule has 14 heteroatoms. The number of allylic oxidation sites excluding steroid dienone is 1. The topological polar surface area (TPSA) is 73.8 Å². The van der Waals surface area contributed by atoms with Gasteiger partial charge in [0, 0.05) is 68.4 Å². The Labute approximate surface area is 243 Å². The fourth-order valence-electron chi connectivity index (χ4n) is 5.24. The number of urea groups is 1. The van der Waals surface area contributed by atoms with E-state index in [-0.39, 0.29) is 42.3 Å². The van der Waals surface area contributed by atoms with Gasteiger partial charge in [-0.3, -0.25) is 0 Å². The molecule has 39 heavy (non-hydrogen) atoms. The number of thioether (sulfide) groups is 1. The zero-order chi connectivity index (χ0) is 29.0. The van der Waals surface area contributed by atoms with Gasteiger partial charge in [0.25, 0.3) is 0 Å². The summed E-state index contributed by atoms with van der Waals surface area (Å²) in [5.41, 5.74) is 0.329. The summed E-state index contributed by atoms with van der Waals surface area (Å²) in [6.45, 7) is 6.09. The molecule has 4 unspecified atom stereocenters. The average Bonchev–Trinajstić information content (AvgIpc) is 3.28. The van der Waals surface area contributed by atoms with Gasteiger partial charge in [-0.2, -0.15) is 17.5 Å². The fraction of sp³-hybridized carbons (Fsp3) is 0.680. The summed E-state index contributed by atoms with van der Waals surface area (Å²) in [5.74, 6) is 1.01. The number of carbonyl (C=O) groups excluding carboxylic acids is 1. The third-order valence-corrected chi connectivity index (χ3v) is 9.95. The van der Waals surface area contributed by atoms with Gasteiger partial charge in [0.15, 0.2) is 0 Å². The summed E-state index contributed by atoms with van der Waals surface area (Å²) in [6.07, 6.45) is 0.281. The first-order valence-corrected chi connectivity index (χ1v) is 16.6. The van der Waals surface area contributed by atoms with Crippen molar-refractivity contribution in [3.05, 3.63) is 35.5 Å². The number of sulfonamides is 1. The van der Waals surface area contributed by atoms with Crippen LogP contribution >= 0.6 is 35.0 Å². The van der Waals surface area contributed by atoms with Gasteiger partial charge in [-0.15, -0.1) is 35.0 Å². The molecule has 0 spiro atoms. The molecule has 4 atom stereocenters. The van der Waals surface area contributed by atoms with Crippen molar-refractivity contribution in [3.63, 3.8) is 0 Å². The van der Waals surface area contributed by atoms with E-state index in [2.05, 4.69) is 11.9 Å². The molecule has 0 saturated carbocycles. The van der Waals surface area contributed by atoms with Crippen LogP contribution in [-0.2, 0) is 16.2 Å². The van der Waals surface area contributed by atoms with Crippen molar-refractivity contribution >= 4 is 51.0 Å². The highest BCUT2D eigenvalue weighted by Crippen LogP contribution is 2.39. The molecule has 7 nitrogen and oxygen atoms in total. The van der Waals surface area contributed by atoms with E-state index in [1.807, 2.05) is 13.0 Å². The number of alkyl halides is 5. The molecule has 0 radical (unpaired) electrons. The number of aromatic nitrogens is 1. The van der Waals surface area contributed by atoms with Gasteiger partial charge in [-0.1, -0.05) is 18.6 Å². The van der Waals surface area contributed by atoms with Gasteiger partial charge in [0.1, 0.15) is 0 Å². The van der Waals surface area contributed by atoms with E-state index < -0.39 is 21.8 Å². The number of likely N-dealkylation sites (tertiary alicyclic amines) is 1. The lowest BCUT2D eigenvalue weighted by Crippen LogP contribution is -2.53. The van der Waals surface area contributed by atoms with Crippen molar-refractivity contribution in [1.82, 2.24) is 19.1 Å². The second kappa shape index (κ2) is 13.6. The smallest absolute Gasteiger partial charge is 0.324 e. The number of pyridine rings is 1. The summed E-state index contributed by atoms with van der Waals surface area (Å²) >= 11 is 13.8. The van der Waals surface area contributed by atoms with E-state index in [4.69, 9.17) is 23.2 Å². The molecule has 0 aliphatic carbocycles. The molecule has 1 aromatic heterocycles. The SMILES string of the molecule is CC(Cl)CC(C)C(=CCCl)C1CN(C(=O)N2CCN(S(C)(=O)=O)CC2)CC1CSc1ccc(C(F)(F)F)cn1. The second-order valence-electron chi connectivity index (χ2n) is 10.2. The number of hydrogen-bond donors (Lipinski definition) is 0. The second-order valence-corrected chi connectivity index (χ2v) is 14.2. The Bertz CT molecular complexity index is 1110. The Morgan fingerprint density at radius 2 is 1.85 bits per heavy atom. The predicted molar refractivity (Wildman–Crippen MR) is 150 cm³/mol. The number of amides is 2. The first-order chi connectivity index (χ1) is 18.2. The Morgan fingerprint density at radius 1 is 1.18 bits per heavy atom. The van der Waals surface area contributed by atoms with Crippen LogP contribution in [-0.4, -0.2) is 96.1 Å². The largest absolute Gasteiger partial charge is 0.417 e. The molecule has 2 aliphatic rings.